The zero-order valence-electron chi connectivity index (χ0n) is 11.8. The van der Waals surface area contributed by atoms with E-state index in [2.05, 4.69) is 49.5 Å². The van der Waals surface area contributed by atoms with Crippen molar-refractivity contribution in [1.29, 1.82) is 5.26 Å². The van der Waals surface area contributed by atoms with Crippen LogP contribution in [-0.2, 0) is 6.42 Å². The Morgan fingerprint density at radius 2 is 2.05 bits per heavy atom. The lowest BCUT2D eigenvalue weighted by Crippen LogP contribution is -2.40. The van der Waals surface area contributed by atoms with Gasteiger partial charge < -0.3 is 5.32 Å². The van der Waals surface area contributed by atoms with Gasteiger partial charge in [-0.25, -0.2) is 0 Å². The van der Waals surface area contributed by atoms with Gasteiger partial charge in [-0.3, -0.25) is 0 Å². The third-order valence-electron chi connectivity index (χ3n) is 4.86. The number of nitriles is 1. The molecule has 0 radical (unpaired) electrons. The minimum atomic E-state index is 0.198. The Labute approximate surface area is 115 Å². The zero-order chi connectivity index (χ0) is 13.5. The fourth-order valence-corrected chi connectivity index (χ4v) is 3.83. The van der Waals surface area contributed by atoms with Crippen molar-refractivity contribution in [3.05, 3.63) is 35.4 Å². The number of nitrogens with one attached hydrogen (secondary N) is 1. The number of nitrogens with zero attached hydrogens (tertiary/aromatic N) is 1. The average Bonchev–Trinajstić information content (AvgIpc) is 2.92. The van der Waals surface area contributed by atoms with Gasteiger partial charge in [-0.15, -0.1) is 0 Å². The maximum absolute atomic E-state index is 9.25. The monoisotopic (exact) mass is 254 g/mol. The first-order chi connectivity index (χ1) is 9.12. The Hall–Kier alpha value is -1.33. The molecule has 0 saturated heterocycles. The van der Waals surface area contributed by atoms with Crippen molar-refractivity contribution in [3.8, 4) is 6.07 Å². The molecule has 100 valence electrons. The van der Waals surface area contributed by atoms with Crippen LogP contribution < -0.4 is 5.32 Å². The molecule has 19 heavy (non-hydrogen) atoms. The molecule has 0 spiro atoms. The van der Waals surface area contributed by atoms with E-state index in [4.69, 9.17) is 0 Å². The number of hydrogen-bond acceptors (Lipinski definition) is 2. The van der Waals surface area contributed by atoms with Gasteiger partial charge in [-0.05, 0) is 35.8 Å². The van der Waals surface area contributed by atoms with Crippen LogP contribution in [0.5, 0.6) is 0 Å². The van der Waals surface area contributed by atoms with Crippen LogP contribution >= 0.6 is 0 Å². The lowest BCUT2D eigenvalue weighted by molar-refractivity contribution is 0.239. The second-order valence-corrected chi connectivity index (χ2v) is 6.74. The van der Waals surface area contributed by atoms with Crippen molar-refractivity contribution >= 4 is 0 Å². The summed E-state index contributed by atoms with van der Waals surface area (Å²) >= 11 is 0. The summed E-state index contributed by atoms with van der Waals surface area (Å²) in [6.45, 7) is 4.67. The molecule has 0 heterocycles. The molecule has 0 amide bonds. The van der Waals surface area contributed by atoms with Gasteiger partial charge in [-0.1, -0.05) is 44.5 Å². The van der Waals surface area contributed by atoms with Gasteiger partial charge in [0, 0.05) is 12.1 Å². The van der Waals surface area contributed by atoms with E-state index in [-0.39, 0.29) is 11.3 Å². The molecule has 0 bridgehead atoms. The Balaban J connectivity index is 1.85. The van der Waals surface area contributed by atoms with Crippen molar-refractivity contribution < 1.29 is 0 Å². The predicted molar refractivity (Wildman–Crippen MR) is 76.5 cm³/mol. The van der Waals surface area contributed by atoms with Crippen molar-refractivity contribution in [2.45, 2.75) is 51.6 Å². The first-order valence-electron chi connectivity index (χ1n) is 7.35. The van der Waals surface area contributed by atoms with Crippen LogP contribution in [0.1, 0.15) is 50.3 Å². The van der Waals surface area contributed by atoms with Gasteiger partial charge >= 0.3 is 0 Å². The molecule has 1 aromatic carbocycles. The van der Waals surface area contributed by atoms with Crippen molar-refractivity contribution in [3.63, 3.8) is 0 Å². The van der Waals surface area contributed by atoms with E-state index in [9.17, 15) is 5.26 Å². The first kappa shape index (κ1) is 12.7. The van der Waals surface area contributed by atoms with Crippen LogP contribution in [0.4, 0.5) is 0 Å². The van der Waals surface area contributed by atoms with E-state index < -0.39 is 0 Å². The van der Waals surface area contributed by atoms with Crippen LogP contribution in [0.3, 0.4) is 0 Å². The third kappa shape index (κ3) is 2.17. The summed E-state index contributed by atoms with van der Waals surface area (Å²) in [5.41, 5.74) is 3.15. The third-order valence-corrected chi connectivity index (χ3v) is 4.86. The largest absolute Gasteiger partial charge is 0.305 e. The van der Waals surface area contributed by atoms with E-state index in [0.29, 0.717) is 12.1 Å². The maximum atomic E-state index is 9.25. The van der Waals surface area contributed by atoms with E-state index in [1.165, 1.54) is 17.5 Å². The van der Waals surface area contributed by atoms with Gasteiger partial charge in [0.25, 0.3) is 0 Å². The molecule has 0 aliphatic heterocycles. The molecule has 1 N–H and O–H groups in total. The van der Waals surface area contributed by atoms with Gasteiger partial charge in [0.2, 0.25) is 0 Å². The summed E-state index contributed by atoms with van der Waals surface area (Å²) in [7, 11) is 0. The second-order valence-electron chi connectivity index (χ2n) is 6.74. The van der Waals surface area contributed by atoms with Crippen LogP contribution in [-0.4, -0.2) is 6.04 Å². The minimum Gasteiger partial charge on any atom is -0.305 e. The Morgan fingerprint density at radius 3 is 2.84 bits per heavy atom. The molecule has 2 aliphatic rings. The van der Waals surface area contributed by atoms with Gasteiger partial charge in [0.1, 0.15) is 0 Å². The molecule has 2 aliphatic carbocycles. The summed E-state index contributed by atoms with van der Waals surface area (Å²) in [6.07, 6.45) is 4.52. The van der Waals surface area contributed by atoms with Crippen LogP contribution in [0.15, 0.2) is 24.3 Å². The fraction of sp³-hybridized carbons (Fsp3) is 0.588. The van der Waals surface area contributed by atoms with Crippen LogP contribution in [0, 0.1) is 22.7 Å². The first-order valence-corrected chi connectivity index (χ1v) is 7.35. The minimum absolute atomic E-state index is 0.198. The van der Waals surface area contributed by atoms with Crippen molar-refractivity contribution in [2.75, 3.05) is 0 Å². The lowest BCUT2D eigenvalue weighted by atomic mass is 9.84. The smallest absolute Gasteiger partial charge is 0.0672 e. The average molecular weight is 254 g/mol. The van der Waals surface area contributed by atoms with E-state index in [0.717, 1.165) is 19.3 Å². The topological polar surface area (TPSA) is 35.8 Å². The molecule has 1 aromatic rings. The Morgan fingerprint density at radius 1 is 1.26 bits per heavy atom. The highest BCUT2D eigenvalue weighted by Gasteiger charge is 2.41. The highest BCUT2D eigenvalue weighted by atomic mass is 15.0. The molecule has 0 aromatic heterocycles. The Bertz CT molecular complexity index is 512. The fourth-order valence-electron chi connectivity index (χ4n) is 3.83. The number of hydrogen-bond donors (Lipinski definition) is 1. The molecular weight excluding hydrogens is 232 g/mol. The standard InChI is InChI=1S/C17H22N2/c1-17(2)10-12-6-3-4-8-14(12)16(17)19-15-9-5-7-13(15)11-18/h3-4,6,8,13,15-16,19H,5,7,9-10H2,1-2H3. The molecule has 2 heteroatoms. The normalized spacial score (nSPS) is 31.9. The highest BCUT2D eigenvalue weighted by molar-refractivity contribution is 5.37. The van der Waals surface area contributed by atoms with Gasteiger partial charge in [0.15, 0.2) is 0 Å². The number of fused-ring (bicyclic) bond motifs is 1. The highest BCUT2D eigenvalue weighted by Crippen LogP contribution is 2.46. The molecule has 3 atom stereocenters. The maximum Gasteiger partial charge on any atom is 0.0672 e. The van der Waals surface area contributed by atoms with E-state index in [1.807, 2.05) is 0 Å². The van der Waals surface area contributed by atoms with Gasteiger partial charge in [-0.2, -0.15) is 5.26 Å². The lowest BCUT2D eigenvalue weighted by Gasteiger charge is -2.32. The zero-order valence-corrected chi connectivity index (χ0v) is 11.8. The van der Waals surface area contributed by atoms with Gasteiger partial charge in [0.05, 0.1) is 12.0 Å². The molecule has 3 unspecified atom stereocenters. The molecular formula is C17H22N2. The summed E-state index contributed by atoms with van der Waals surface area (Å²) in [6, 6.07) is 12.0. The summed E-state index contributed by atoms with van der Waals surface area (Å²) in [5, 5.41) is 13.0. The number of rotatable bonds is 2. The summed E-state index contributed by atoms with van der Waals surface area (Å²) < 4.78 is 0. The molecule has 3 rings (SSSR count). The van der Waals surface area contributed by atoms with Crippen LogP contribution in [0.2, 0.25) is 0 Å². The molecule has 1 saturated carbocycles. The summed E-state index contributed by atoms with van der Waals surface area (Å²) in [5.74, 6) is 0.198. The predicted octanol–water partition coefficient (Wildman–Crippen LogP) is 3.59. The quantitative estimate of drug-likeness (QED) is 0.875. The summed E-state index contributed by atoms with van der Waals surface area (Å²) in [4.78, 5) is 0. The van der Waals surface area contributed by atoms with E-state index >= 15 is 0 Å². The van der Waals surface area contributed by atoms with E-state index in [1.54, 1.807) is 0 Å². The molecule has 1 fully saturated rings. The SMILES string of the molecule is CC1(C)Cc2ccccc2C1NC1CCCC1C#N. The molecule has 2 nitrogen and oxygen atoms in total. The van der Waals surface area contributed by atoms with Crippen molar-refractivity contribution in [2.24, 2.45) is 11.3 Å². The van der Waals surface area contributed by atoms with Crippen LogP contribution in [0.25, 0.3) is 0 Å². The van der Waals surface area contributed by atoms with Crippen molar-refractivity contribution in [1.82, 2.24) is 5.32 Å². The second kappa shape index (κ2) is 4.65. The Kier molecular flexibility index (Phi) is 3.11. The number of benzene rings is 1.